The van der Waals surface area contributed by atoms with Crippen molar-refractivity contribution in [3.63, 3.8) is 0 Å². The Morgan fingerprint density at radius 1 is 1.11 bits per heavy atom. The number of rotatable bonds is 3. The largest absolute Gasteiger partial charge is 0.507 e. The van der Waals surface area contributed by atoms with Gasteiger partial charge in [-0.05, 0) is 29.3 Å². The Morgan fingerprint density at radius 2 is 1.74 bits per heavy atom. The summed E-state index contributed by atoms with van der Waals surface area (Å²) in [5, 5.41) is 27.7. The van der Waals surface area contributed by atoms with Gasteiger partial charge in [-0.15, -0.1) is 0 Å². The topological polar surface area (TPSA) is 77.8 Å². The Balaban J connectivity index is 2.37. The van der Waals surface area contributed by atoms with Crippen LogP contribution in [0, 0.1) is 5.82 Å². The molecule has 98 valence electrons. The minimum Gasteiger partial charge on any atom is -0.507 e. The average Bonchev–Trinajstić information content (AvgIpc) is 2.41. The second-order valence-corrected chi connectivity index (χ2v) is 4.02. The van der Waals surface area contributed by atoms with Crippen molar-refractivity contribution in [2.24, 2.45) is 0 Å². The van der Waals surface area contributed by atoms with Crippen LogP contribution in [0.4, 0.5) is 4.39 Å². The summed E-state index contributed by atoms with van der Waals surface area (Å²) < 4.78 is 13.1. The highest BCUT2D eigenvalue weighted by molar-refractivity contribution is 5.75. The van der Waals surface area contributed by atoms with E-state index in [4.69, 9.17) is 5.11 Å². The maximum atomic E-state index is 13.1. The van der Waals surface area contributed by atoms with E-state index in [2.05, 4.69) is 0 Å². The molecule has 0 saturated heterocycles. The summed E-state index contributed by atoms with van der Waals surface area (Å²) >= 11 is 0. The summed E-state index contributed by atoms with van der Waals surface area (Å²) in [4.78, 5) is 10.6. The molecule has 1 unspecified atom stereocenters. The Morgan fingerprint density at radius 3 is 2.32 bits per heavy atom. The quantitative estimate of drug-likeness (QED) is 0.793. The van der Waals surface area contributed by atoms with E-state index in [1.165, 1.54) is 36.4 Å². The lowest BCUT2D eigenvalue weighted by atomic mass is 10.0. The minimum absolute atomic E-state index is 0.0760. The van der Waals surface area contributed by atoms with E-state index in [1.54, 1.807) is 0 Å². The molecule has 3 N–H and O–H groups in total. The van der Waals surface area contributed by atoms with Crippen LogP contribution in [0.5, 0.6) is 5.75 Å². The first-order valence-electron chi connectivity index (χ1n) is 5.49. The Hall–Kier alpha value is -2.40. The zero-order valence-corrected chi connectivity index (χ0v) is 9.75. The van der Waals surface area contributed by atoms with Crippen LogP contribution in [0.2, 0.25) is 0 Å². The van der Waals surface area contributed by atoms with Crippen molar-refractivity contribution in [3.8, 4) is 16.9 Å². The molecule has 0 amide bonds. The van der Waals surface area contributed by atoms with E-state index in [0.29, 0.717) is 11.1 Å². The van der Waals surface area contributed by atoms with Gasteiger partial charge in [-0.2, -0.15) is 0 Å². The molecule has 19 heavy (non-hydrogen) atoms. The fourth-order valence-electron chi connectivity index (χ4n) is 1.73. The Labute approximate surface area is 108 Å². The molecular weight excluding hydrogens is 251 g/mol. The number of halogens is 1. The van der Waals surface area contributed by atoms with Crippen LogP contribution in [0.25, 0.3) is 11.1 Å². The highest BCUT2D eigenvalue weighted by atomic mass is 19.1. The molecule has 0 aliphatic rings. The minimum atomic E-state index is -1.60. The number of aromatic hydroxyl groups is 1. The number of aliphatic hydroxyl groups excluding tert-OH is 1. The van der Waals surface area contributed by atoms with Crippen molar-refractivity contribution in [1.29, 1.82) is 0 Å². The van der Waals surface area contributed by atoms with E-state index >= 15 is 0 Å². The van der Waals surface area contributed by atoms with Gasteiger partial charge in [0.25, 0.3) is 0 Å². The van der Waals surface area contributed by atoms with Crippen LogP contribution in [-0.2, 0) is 4.79 Å². The zero-order valence-electron chi connectivity index (χ0n) is 9.75. The van der Waals surface area contributed by atoms with Crippen LogP contribution in [0.3, 0.4) is 0 Å². The maximum absolute atomic E-state index is 13.1. The number of phenolic OH excluding ortho intramolecular Hbond substituents is 1. The molecule has 1 atom stereocenters. The summed E-state index contributed by atoms with van der Waals surface area (Å²) in [6.45, 7) is 0. The standard InChI is InChI=1S/C14H11FO4/c15-10-5-6-12(16)11(7-10)8-1-3-9(4-2-8)13(17)14(18)19/h1-7,13,16-17H,(H,18,19). The lowest BCUT2D eigenvalue weighted by molar-refractivity contribution is -0.146. The molecular formula is C14H11FO4. The van der Waals surface area contributed by atoms with Gasteiger partial charge in [-0.1, -0.05) is 24.3 Å². The molecule has 5 heteroatoms. The molecule has 0 fully saturated rings. The molecule has 0 aliphatic carbocycles. The summed E-state index contributed by atoms with van der Waals surface area (Å²) in [6, 6.07) is 9.41. The van der Waals surface area contributed by atoms with Gasteiger partial charge in [-0.25, -0.2) is 9.18 Å². The van der Waals surface area contributed by atoms with Crippen LogP contribution >= 0.6 is 0 Å². The van der Waals surface area contributed by atoms with E-state index < -0.39 is 17.9 Å². The van der Waals surface area contributed by atoms with Crippen LogP contribution in [0.15, 0.2) is 42.5 Å². The van der Waals surface area contributed by atoms with Crippen molar-refractivity contribution >= 4 is 5.97 Å². The number of hydrogen-bond donors (Lipinski definition) is 3. The van der Waals surface area contributed by atoms with Crippen LogP contribution in [-0.4, -0.2) is 21.3 Å². The van der Waals surface area contributed by atoms with Crippen molar-refractivity contribution in [2.45, 2.75) is 6.10 Å². The van der Waals surface area contributed by atoms with Crippen molar-refractivity contribution in [3.05, 3.63) is 53.8 Å². The lowest BCUT2D eigenvalue weighted by Gasteiger charge is -2.08. The SMILES string of the molecule is O=C(O)C(O)c1ccc(-c2cc(F)ccc2O)cc1. The number of hydrogen-bond acceptors (Lipinski definition) is 3. The molecule has 2 aromatic rings. The Bertz CT molecular complexity index is 607. The molecule has 0 aliphatic heterocycles. The van der Waals surface area contributed by atoms with E-state index in [-0.39, 0.29) is 11.3 Å². The molecule has 0 spiro atoms. The second kappa shape index (κ2) is 5.07. The predicted molar refractivity (Wildman–Crippen MR) is 66.1 cm³/mol. The van der Waals surface area contributed by atoms with Crippen molar-refractivity contribution in [1.82, 2.24) is 0 Å². The molecule has 0 radical (unpaired) electrons. The van der Waals surface area contributed by atoms with Gasteiger partial charge in [-0.3, -0.25) is 0 Å². The maximum Gasteiger partial charge on any atom is 0.337 e. The third kappa shape index (κ3) is 2.71. The fourth-order valence-corrected chi connectivity index (χ4v) is 1.73. The number of aliphatic hydroxyl groups is 1. The Kier molecular flexibility index (Phi) is 3.48. The molecule has 0 aromatic heterocycles. The number of benzene rings is 2. The lowest BCUT2D eigenvalue weighted by Crippen LogP contribution is -2.10. The summed E-state index contributed by atoms with van der Waals surface area (Å²) in [7, 11) is 0. The molecule has 0 saturated carbocycles. The van der Waals surface area contributed by atoms with Crippen LogP contribution < -0.4 is 0 Å². The first kappa shape index (κ1) is 13.0. The first-order valence-corrected chi connectivity index (χ1v) is 5.49. The van der Waals surface area contributed by atoms with Gasteiger partial charge >= 0.3 is 5.97 Å². The summed E-state index contributed by atoms with van der Waals surface area (Å²) in [5.74, 6) is -1.91. The average molecular weight is 262 g/mol. The van der Waals surface area contributed by atoms with Gasteiger partial charge in [0.05, 0.1) is 0 Å². The highest BCUT2D eigenvalue weighted by Gasteiger charge is 2.15. The van der Waals surface area contributed by atoms with Crippen LogP contribution in [0.1, 0.15) is 11.7 Å². The van der Waals surface area contributed by atoms with Gasteiger partial charge < -0.3 is 15.3 Å². The zero-order chi connectivity index (χ0) is 14.0. The molecule has 0 heterocycles. The summed E-state index contributed by atoms with van der Waals surface area (Å²) in [5.41, 5.74) is 1.04. The monoisotopic (exact) mass is 262 g/mol. The molecule has 0 bridgehead atoms. The molecule has 2 rings (SSSR count). The number of carbonyl (C=O) groups is 1. The second-order valence-electron chi connectivity index (χ2n) is 4.02. The third-order valence-corrected chi connectivity index (χ3v) is 2.73. The van der Waals surface area contributed by atoms with Gasteiger partial charge in [0.2, 0.25) is 0 Å². The van der Waals surface area contributed by atoms with Gasteiger partial charge in [0.15, 0.2) is 6.10 Å². The number of aliphatic carboxylic acids is 1. The number of carboxylic acid groups (broad SMARTS) is 1. The summed E-state index contributed by atoms with van der Waals surface area (Å²) in [6.07, 6.45) is -1.60. The van der Waals surface area contributed by atoms with Crippen molar-refractivity contribution < 1.29 is 24.5 Å². The normalized spacial score (nSPS) is 12.1. The van der Waals surface area contributed by atoms with E-state index in [1.807, 2.05) is 0 Å². The smallest absolute Gasteiger partial charge is 0.337 e. The van der Waals surface area contributed by atoms with E-state index in [9.17, 15) is 19.4 Å². The van der Waals surface area contributed by atoms with Gasteiger partial charge in [0, 0.05) is 5.56 Å². The first-order chi connectivity index (χ1) is 8.99. The van der Waals surface area contributed by atoms with E-state index in [0.717, 1.165) is 6.07 Å². The van der Waals surface area contributed by atoms with Gasteiger partial charge in [0.1, 0.15) is 11.6 Å². The number of phenols is 1. The highest BCUT2D eigenvalue weighted by Crippen LogP contribution is 2.30. The molecule has 4 nitrogen and oxygen atoms in total. The third-order valence-electron chi connectivity index (χ3n) is 2.73. The number of carboxylic acids is 1. The predicted octanol–water partition coefficient (Wildman–Crippen LogP) is 2.32. The molecule has 2 aromatic carbocycles. The van der Waals surface area contributed by atoms with Crippen molar-refractivity contribution in [2.75, 3.05) is 0 Å². The fraction of sp³-hybridized carbons (Fsp3) is 0.0714.